The number of ether oxygens (including phenoxy) is 1. The normalized spacial score (nSPS) is 11.0. The summed E-state index contributed by atoms with van der Waals surface area (Å²) in [7, 11) is 0. The van der Waals surface area contributed by atoms with Gasteiger partial charge in [-0.2, -0.15) is 4.98 Å². The first-order valence-electron chi connectivity index (χ1n) is 7.02. The molecular formula is C16H13BrF2N2O4. The van der Waals surface area contributed by atoms with Gasteiger partial charge in [0, 0.05) is 24.3 Å². The van der Waals surface area contributed by atoms with Crippen molar-refractivity contribution in [3.63, 3.8) is 0 Å². The van der Waals surface area contributed by atoms with Gasteiger partial charge in [-0.15, -0.1) is 0 Å². The van der Waals surface area contributed by atoms with Crippen molar-refractivity contribution in [1.29, 1.82) is 0 Å². The quantitative estimate of drug-likeness (QED) is 0.734. The van der Waals surface area contributed by atoms with Crippen LogP contribution in [0.5, 0.6) is 5.88 Å². The fourth-order valence-corrected chi connectivity index (χ4v) is 2.38. The highest BCUT2D eigenvalue weighted by Gasteiger charge is 2.14. The summed E-state index contributed by atoms with van der Waals surface area (Å²) in [6.45, 7) is 1.34. The molecule has 0 aliphatic heterocycles. The number of carboxylic acids is 1. The molecule has 2 aromatic rings. The van der Waals surface area contributed by atoms with Crippen LogP contribution in [0.15, 0.2) is 39.6 Å². The number of carbonyl (C=O) groups is 1. The summed E-state index contributed by atoms with van der Waals surface area (Å²) in [5.41, 5.74) is -0.363. The van der Waals surface area contributed by atoms with Gasteiger partial charge in [0.25, 0.3) is 5.56 Å². The van der Waals surface area contributed by atoms with E-state index in [-0.39, 0.29) is 34.9 Å². The number of benzene rings is 1. The van der Waals surface area contributed by atoms with Gasteiger partial charge in [0.05, 0.1) is 0 Å². The van der Waals surface area contributed by atoms with Crippen LogP contribution in [0.1, 0.15) is 11.4 Å². The molecule has 132 valence electrons. The lowest BCUT2D eigenvalue weighted by Gasteiger charge is -2.12. The highest BCUT2D eigenvalue weighted by atomic mass is 79.9. The summed E-state index contributed by atoms with van der Waals surface area (Å²) in [4.78, 5) is 26.9. The van der Waals surface area contributed by atoms with Gasteiger partial charge in [-0.3, -0.25) is 9.36 Å². The minimum Gasteiger partial charge on any atom is -0.478 e. The smallest absolute Gasteiger partial charge is 0.328 e. The number of aryl methyl sites for hydroxylation is 1. The van der Waals surface area contributed by atoms with E-state index < -0.39 is 23.2 Å². The molecular weight excluding hydrogens is 402 g/mol. The average Bonchev–Trinajstić information content (AvgIpc) is 2.54. The second-order valence-corrected chi connectivity index (χ2v) is 5.75. The van der Waals surface area contributed by atoms with E-state index in [4.69, 9.17) is 9.84 Å². The predicted molar refractivity (Wildman–Crippen MR) is 88.4 cm³/mol. The Bertz CT molecular complexity index is 896. The van der Waals surface area contributed by atoms with Crippen LogP contribution in [-0.4, -0.2) is 20.6 Å². The van der Waals surface area contributed by atoms with Crippen LogP contribution in [0.4, 0.5) is 8.78 Å². The van der Waals surface area contributed by atoms with Crippen molar-refractivity contribution in [2.75, 3.05) is 0 Å². The third-order valence-electron chi connectivity index (χ3n) is 3.20. The molecule has 0 fully saturated rings. The maximum Gasteiger partial charge on any atom is 0.328 e. The molecule has 0 saturated heterocycles. The molecule has 0 amide bonds. The van der Waals surface area contributed by atoms with Crippen molar-refractivity contribution >= 4 is 21.9 Å². The van der Waals surface area contributed by atoms with Gasteiger partial charge in [-0.05, 0) is 35.0 Å². The van der Waals surface area contributed by atoms with Crippen molar-refractivity contribution < 1.29 is 23.4 Å². The number of aliphatic carboxylic acids is 1. The molecule has 9 heteroatoms. The molecule has 0 bridgehead atoms. The Morgan fingerprint density at radius 3 is 2.80 bits per heavy atom. The lowest BCUT2D eigenvalue weighted by molar-refractivity contribution is -0.131. The maximum atomic E-state index is 13.6. The molecule has 0 spiro atoms. The monoisotopic (exact) mass is 414 g/mol. The van der Waals surface area contributed by atoms with Crippen LogP contribution in [0.3, 0.4) is 0 Å². The third-order valence-corrected chi connectivity index (χ3v) is 3.88. The number of nitrogens with zero attached hydrogens (tertiary/aromatic N) is 2. The van der Waals surface area contributed by atoms with E-state index in [1.807, 2.05) is 0 Å². The summed E-state index contributed by atoms with van der Waals surface area (Å²) < 4.78 is 33.1. The molecule has 0 aliphatic rings. The van der Waals surface area contributed by atoms with Crippen molar-refractivity contribution in [2.24, 2.45) is 0 Å². The molecule has 0 saturated carbocycles. The van der Waals surface area contributed by atoms with Gasteiger partial charge in [-0.1, -0.05) is 6.08 Å². The largest absolute Gasteiger partial charge is 0.478 e. The summed E-state index contributed by atoms with van der Waals surface area (Å²) in [5.74, 6) is -2.34. The maximum absolute atomic E-state index is 13.6. The number of hydrogen-bond donors (Lipinski definition) is 1. The van der Waals surface area contributed by atoms with Gasteiger partial charge in [0.1, 0.15) is 28.5 Å². The van der Waals surface area contributed by atoms with Crippen LogP contribution in [0.2, 0.25) is 0 Å². The molecule has 1 N–H and O–H groups in total. The summed E-state index contributed by atoms with van der Waals surface area (Å²) >= 11 is 3.07. The van der Waals surface area contributed by atoms with Gasteiger partial charge in [-0.25, -0.2) is 13.6 Å². The van der Waals surface area contributed by atoms with Gasteiger partial charge in [0.2, 0.25) is 5.88 Å². The van der Waals surface area contributed by atoms with Crippen LogP contribution >= 0.6 is 15.9 Å². The summed E-state index contributed by atoms with van der Waals surface area (Å²) in [6, 6.07) is 3.07. The topological polar surface area (TPSA) is 81.4 Å². The summed E-state index contributed by atoms with van der Waals surface area (Å²) in [6.07, 6.45) is 2.22. The second kappa shape index (κ2) is 8.02. The molecule has 1 aromatic heterocycles. The van der Waals surface area contributed by atoms with E-state index in [0.29, 0.717) is 0 Å². The first kappa shape index (κ1) is 18.8. The van der Waals surface area contributed by atoms with Crippen LogP contribution in [0, 0.1) is 18.6 Å². The second-order valence-electron chi connectivity index (χ2n) is 4.96. The standard InChI is InChI=1S/C16H13BrF2N2O4/c1-9-20-15(25-8-10-4-5-11(18)7-12(10)19)14(17)16(24)21(9)6-2-3-13(22)23/h2-5,7H,6,8H2,1H3,(H,22,23). The lowest BCUT2D eigenvalue weighted by atomic mass is 10.2. The fourth-order valence-electron chi connectivity index (χ4n) is 1.97. The number of carboxylic acid groups (broad SMARTS) is 1. The number of allylic oxidation sites excluding steroid dienone is 1. The Balaban J connectivity index is 2.22. The molecule has 0 aliphatic carbocycles. The van der Waals surface area contributed by atoms with Gasteiger partial charge < -0.3 is 9.84 Å². The molecule has 0 atom stereocenters. The predicted octanol–water partition coefficient (Wildman–Crippen LogP) is 2.81. The molecule has 6 nitrogen and oxygen atoms in total. The van der Waals surface area contributed by atoms with Crippen molar-refractivity contribution in [3.8, 4) is 5.88 Å². The van der Waals surface area contributed by atoms with E-state index in [0.717, 1.165) is 18.2 Å². The minimum absolute atomic E-state index is 0.0179. The number of hydrogen-bond acceptors (Lipinski definition) is 4. The highest BCUT2D eigenvalue weighted by molar-refractivity contribution is 9.10. The fraction of sp³-hybridized carbons (Fsp3) is 0.188. The Kier molecular flexibility index (Phi) is 6.02. The lowest BCUT2D eigenvalue weighted by Crippen LogP contribution is -2.25. The third kappa shape index (κ3) is 4.72. The SMILES string of the molecule is Cc1nc(OCc2ccc(F)cc2F)c(Br)c(=O)n1CC=CC(=O)O. The van der Waals surface area contributed by atoms with E-state index in [1.165, 1.54) is 16.7 Å². The average molecular weight is 415 g/mol. The highest BCUT2D eigenvalue weighted by Crippen LogP contribution is 2.20. The van der Waals surface area contributed by atoms with Crippen LogP contribution < -0.4 is 10.3 Å². The Hall–Kier alpha value is -2.55. The first-order chi connectivity index (χ1) is 11.8. The Morgan fingerprint density at radius 2 is 2.16 bits per heavy atom. The zero-order valence-corrected chi connectivity index (χ0v) is 14.6. The molecule has 1 aromatic carbocycles. The first-order valence-corrected chi connectivity index (χ1v) is 7.82. The van der Waals surface area contributed by atoms with Crippen LogP contribution in [-0.2, 0) is 17.9 Å². The molecule has 25 heavy (non-hydrogen) atoms. The Labute approximate surface area is 149 Å². The molecule has 2 rings (SSSR count). The minimum atomic E-state index is -1.13. The zero-order chi connectivity index (χ0) is 18.6. The van der Waals surface area contributed by atoms with E-state index in [2.05, 4.69) is 20.9 Å². The van der Waals surface area contributed by atoms with Crippen molar-refractivity contribution in [3.05, 3.63) is 68.2 Å². The molecule has 0 unspecified atom stereocenters. The number of halogens is 3. The zero-order valence-electron chi connectivity index (χ0n) is 13.0. The van der Waals surface area contributed by atoms with E-state index in [1.54, 1.807) is 6.92 Å². The van der Waals surface area contributed by atoms with Crippen LogP contribution in [0.25, 0.3) is 0 Å². The van der Waals surface area contributed by atoms with Crippen molar-refractivity contribution in [2.45, 2.75) is 20.1 Å². The van der Waals surface area contributed by atoms with E-state index >= 15 is 0 Å². The van der Waals surface area contributed by atoms with E-state index in [9.17, 15) is 18.4 Å². The summed E-state index contributed by atoms with van der Waals surface area (Å²) in [5, 5.41) is 8.57. The number of rotatable bonds is 6. The van der Waals surface area contributed by atoms with Gasteiger partial charge in [0.15, 0.2) is 0 Å². The Morgan fingerprint density at radius 1 is 1.44 bits per heavy atom. The number of aromatic nitrogens is 2. The van der Waals surface area contributed by atoms with Crippen molar-refractivity contribution in [1.82, 2.24) is 9.55 Å². The molecule has 0 radical (unpaired) electrons. The van der Waals surface area contributed by atoms with Gasteiger partial charge >= 0.3 is 5.97 Å². The molecule has 1 heterocycles.